The van der Waals surface area contributed by atoms with Gasteiger partial charge >= 0.3 is 0 Å². The van der Waals surface area contributed by atoms with Crippen molar-refractivity contribution in [3.8, 4) is 5.75 Å². The van der Waals surface area contributed by atoms with E-state index in [-0.39, 0.29) is 11.4 Å². The van der Waals surface area contributed by atoms with Crippen molar-refractivity contribution in [2.24, 2.45) is 0 Å². The highest BCUT2D eigenvalue weighted by Crippen LogP contribution is 2.20. The minimum Gasteiger partial charge on any atom is -0.496 e. The molecule has 0 saturated carbocycles. The topological polar surface area (TPSA) is 81.4 Å². The summed E-state index contributed by atoms with van der Waals surface area (Å²) in [5, 5.41) is 0. The van der Waals surface area contributed by atoms with Crippen LogP contribution in [0.5, 0.6) is 5.75 Å². The second-order valence-corrected chi connectivity index (χ2v) is 6.40. The highest BCUT2D eigenvalue weighted by Gasteiger charge is 2.17. The van der Waals surface area contributed by atoms with Gasteiger partial charge in [-0.1, -0.05) is 18.2 Å². The van der Waals surface area contributed by atoms with E-state index in [4.69, 9.17) is 10.5 Å². The monoisotopic (exact) mass is 306 g/mol. The van der Waals surface area contributed by atoms with Crippen LogP contribution >= 0.6 is 0 Å². The Morgan fingerprint density at radius 3 is 2.57 bits per heavy atom. The van der Waals surface area contributed by atoms with Gasteiger partial charge in [-0.05, 0) is 36.8 Å². The minimum atomic E-state index is -3.59. The molecule has 2 rings (SSSR count). The zero-order chi connectivity index (χ0) is 15.5. The predicted octanol–water partition coefficient (Wildman–Crippen LogP) is 2.06. The summed E-state index contributed by atoms with van der Waals surface area (Å²) in [5.41, 5.74) is 7.57. The first-order valence-corrected chi connectivity index (χ1v) is 7.90. The average molecular weight is 306 g/mol. The molecule has 6 heteroatoms. The number of nitrogen functional groups attached to an aromatic ring is 1. The van der Waals surface area contributed by atoms with Crippen molar-refractivity contribution in [1.29, 1.82) is 0 Å². The summed E-state index contributed by atoms with van der Waals surface area (Å²) >= 11 is 0. The van der Waals surface area contributed by atoms with Gasteiger partial charge in [0.05, 0.1) is 12.0 Å². The maximum absolute atomic E-state index is 12.3. The minimum absolute atomic E-state index is 0.163. The first-order valence-electron chi connectivity index (χ1n) is 6.42. The zero-order valence-corrected chi connectivity index (χ0v) is 12.8. The molecule has 0 heterocycles. The maximum atomic E-state index is 12.3. The lowest BCUT2D eigenvalue weighted by Crippen LogP contribution is -2.24. The fourth-order valence-electron chi connectivity index (χ4n) is 2.07. The molecule has 0 saturated heterocycles. The summed E-state index contributed by atoms with van der Waals surface area (Å²) in [7, 11) is -2.04. The largest absolute Gasteiger partial charge is 0.496 e. The number of hydrogen-bond acceptors (Lipinski definition) is 4. The number of sulfonamides is 1. The van der Waals surface area contributed by atoms with E-state index in [9.17, 15) is 8.42 Å². The third-order valence-corrected chi connectivity index (χ3v) is 4.70. The van der Waals surface area contributed by atoms with Crippen LogP contribution in [0.15, 0.2) is 47.4 Å². The molecule has 3 N–H and O–H groups in total. The quantitative estimate of drug-likeness (QED) is 0.829. The van der Waals surface area contributed by atoms with E-state index in [1.807, 2.05) is 18.2 Å². The van der Waals surface area contributed by atoms with Crippen LogP contribution < -0.4 is 15.2 Å². The van der Waals surface area contributed by atoms with E-state index >= 15 is 0 Å². The van der Waals surface area contributed by atoms with E-state index in [0.717, 1.165) is 5.56 Å². The molecular formula is C15H18N2O3S. The molecule has 0 aromatic heterocycles. The van der Waals surface area contributed by atoms with Crippen molar-refractivity contribution in [3.05, 3.63) is 53.6 Å². The van der Waals surface area contributed by atoms with Gasteiger partial charge in [0.1, 0.15) is 5.75 Å². The smallest absolute Gasteiger partial charge is 0.241 e. The number of ether oxygens (including phenoxy) is 1. The van der Waals surface area contributed by atoms with Crippen molar-refractivity contribution in [3.63, 3.8) is 0 Å². The van der Waals surface area contributed by atoms with Crippen molar-refractivity contribution in [2.75, 3.05) is 12.8 Å². The number of nitrogens with one attached hydrogen (secondary N) is 1. The molecule has 5 nitrogen and oxygen atoms in total. The van der Waals surface area contributed by atoms with Crippen LogP contribution in [0, 0.1) is 6.92 Å². The van der Waals surface area contributed by atoms with Crippen LogP contribution in [0.3, 0.4) is 0 Å². The molecule has 0 aliphatic heterocycles. The van der Waals surface area contributed by atoms with E-state index in [0.29, 0.717) is 17.0 Å². The Hall–Kier alpha value is -2.05. The highest BCUT2D eigenvalue weighted by molar-refractivity contribution is 7.89. The number of methoxy groups -OCH3 is 1. The fourth-order valence-corrected chi connectivity index (χ4v) is 3.30. The lowest BCUT2D eigenvalue weighted by Gasteiger charge is -2.12. The van der Waals surface area contributed by atoms with Crippen LogP contribution in [0.1, 0.15) is 11.1 Å². The zero-order valence-electron chi connectivity index (χ0n) is 12.0. The van der Waals surface area contributed by atoms with E-state index in [1.54, 1.807) is 32.2 Å². The molecular weight excluding hydrogens is 288 g/mol. The summed E-state index contributed by atoms with van der Waals surface area (Å²) in [6, 6.07) is 12.0. The second-order valence-electron chi connectivity index (χ2n) is 4.66. The SMILES string of the molecule is COc1ccccc1CNS(=O)(=O)c1ccc(N)cc1C. The Labute approximate surface area is 124 Å². The Bertz CT molecular complexity index is 742. The highest BCUT2D eigenvalue weighted by atomic mass is 32.2. The first kappa shape index (κ1) is 15.3. The van der Waals surface area contributed by atoms with Crippen LogP contribution in [-0.2, 0) is 16.6 Å². The van der Waals surface area contributed by atoms with Crippen molar-refractivity contribution in [1.82, 2.24) is 4.72 Å². The molecule has 21 heavy (non-hydrogen) atoms. The van der Waals surface area contributed by atoms with Crippen molar-refractivity contribution < 1.29 is 13.2 Å². The summed E-state index contributed by atoms with van der Waals surface area (Å²) in [5.74, 6) is 0.647. The molecule has 0 radical (unpaired) electrons. The molecule has 0 fully saturated rings. The standard InChI is InChI=1S/C15H18N2O3S/c1-11-9-13(16)7-8-15(11)21(18,19)17-10-12-5-3-4-6-14(12)20-2/h3-9,17H,10,16H2,1-2H3. The number of nitrogens with two attached hydrogens (primary N) is 1. The van der Waals surface area contributed by atoms with Gasteiger partial charge in [0, 0.05) is 17.8 Å². The van der Waals surface area contributed by atoms with Crippen LogP contribution in [0.2, 0.25) is 0 Å². The molecule has 0 bridgehead atoms. The number of rotatable bonds is 5. The molecule has 0 atom stereocenters. The van der Waals surface area contributed by atoms with Gasteiger partial charge in [-0.15, -0.1) is 0 Å². The summed E-state index contributed by atoms with van der Waals surface area (Å²) in [4.78, 5) is 0.228. The van der Waals surface area contributed by atoms with Gasteiger partial charge < -0.3 is 10.5 Å². The second kappa shape index (κ2) is 6.15. The van der Waals surface area contributed by atoms with Gasteiger partial charge in [0.15, 0.2) is 0 Å². The van der Waals surface area contributed by atoms with E-state index in [1.165, 1.54) is 6.07 Å². The van der Waals surface area contributed by atoms with Crippen LogP contribution in [0.25, 0.3) is 0 Å². The van der Waals surface area contributed by atoms with Crippen LogP contribution in [0.4, 0.5) is 5.69 Å². The third-order valence-electron chi connectivity index (χ3n) is 3.13. The van der Waals surface area contributed by atoms with Gasteiger partial charge in [-0.25, -0.2) is 13.1 Å². The summed E-state index contributed by atoms with van der Waals surface area (Å²) in [6.45, 7) is 1.88. The van der Waals surface area contributed by atoms with Gasteiger partial charge in [-0.2, -0.15) is 0 Å². The number of aryl methyl sites for hydroxylation is 1. The number of hydrogen-bond donors (Lipinski definition) is 2. The van der Waals surface area contributed by atoms with E-state index < -0.39 is 10.0 Å². The number of benzene rings is 2. The third kappa shape index (κ3) is 3.53. The predicted molar refractivity (Wildman–Crippen MR) is 82.6 cm³/mol. The molecule has 0 aliphatic carbocycles. The van der Waals surface area contributed by atoms with Gasteiger partial charge in [-0.3, -0.25) is 0 Å². The van der Waals surface area contributed by atoms with Crippen molar-refractivity contribution in [2.45, 2.75) is 18.4 Å². The molecule has 112 valence electrons. The Kier molecular flexibility index (Phi) is 4.50. The average Bonchev–Trinajstić information content (AvgIpc) is 2.45. The molecule has 2 aromatic rings. The Morgan fingerprint density at radius 1 is 1.19 bits per heavy atom. The molecule has 2 aromatic carbocycles. The van der Waals surface area contributed by atoms with Crippen LogP contribution in [-0.4, -0.2) is 15.5 Å². The maximum Gasteiger partial charge on any atom is 0.241 e. The summed E-state index contributed by atoms with van der Waals surface area (Å²) < 4.78 is 32.5. The number of anilines is 1. The Morgan fingerprint density at radius 2 is 1.90 bits per heavy atom. The summed E-state index contributed by atoms with van der Waals surface area (Å²) in [6.07, 6.45) is 0. The van der Waals surface area contributed by atoms with Crippen molar-refractivity contribution >= 4 is 15.7 Å². The normalized spacial score (nSPS) is 11.3. The fraction of sp³-hybridized carbons (Fsp3) is 0.200. The van der Waals surface area contributed by atoms with E-state index in [2.05, 4.69) is 4.72 Å². The Balaban J connectivity index is 2.22. The molecule has 0 amide bonds. The number of para-hydroxylation sites is 1. The lowest BCUT2D eigenvalue weighted by molar-refractivity contribution is 0.409. The lowest BCUT2D eigenvalue weighted by atomic mass is 10.2. The molecule has 0 aliphatic rings. The van der Waals surface area contributed by atoms with Gasteiger partial charge in [0.2, 0.25) is 10.0 Å². The molecule has 0 spiro atoms. The first-order chi connectivity index (χ1) is 9.94. The van der Waals surface area contributed by atoms with Gasteiger partial charge in [0.25, 0.3) is 0 Å². The molecule has 0 unspecified atom stereocenters.